The van der Waals surface area contributed by atoms with E-state index in [0.717, 1.165) is 6.07 Å². The first-order chi connectivity index (χ1) is 14.0. The highest BCUT2D eigenvalue weighted by Crippen LogP contribution is 2.42. The Hall–Kier alpha value is -1.83. The van der Waals surface area contributed by atoms with E-state index >= 15 is 0 Å². The fraction of sp³-hybridized carbons (Fsp3) is 0.0526. The Morgan fingerprint density at radius 1 is 0.967 bits per heavy atom. The van der Waals surface area contributed by atoms with Crippen LogP contribution in [-0.2, 0) is 21.7 Å². The molecule has 2 unspecified atom stereocenters. The molecule has 0 radical (unpaired) electrons. The van der Waals surface area contributed by atoms with Gasteiger partial charge in [0.15, 0.2) is 0 Å². The number of hydrogen-bond acceptors (Lipinski definition) is 2. The number of anilines is 1. The molecule has 0 aromatic heterocycles. The van der Waals surface area contributed by atoms with E-state index < -0.39 is 35.1 Å². The molecule has 0 fully saturated rings. The van der Waals surface area contributed by atoms with Gasteiger partial charge in [-0.15, -0.1) is 0 Å². The summed E-state index contributed by atoms with van der Waals surface area (Å²) >= 11 is 11.6. The monoisotopic (exact) mass is 493 g/mol. The molecule has 0 spiro atoms. The molecule has 0 saturated heterocycles. The average molecular weight is 494 g/mol. The zero-order chi connectivity index (χ0) is 22.1. The Balaban J connectivity index is 2.01. The highest BCUT2D eigenvalue weighted by Gasteiger charge is 2.34. The lowest BCUT2D eigenvalue weighted by Gasteiger charge is -2.18. The molecule has 3 aromatic carbocycles. The number of nitrogens with one attached hydrogen (secondary N) is 1. The van der Waals surface area contributed by atoms with Crippen LogP contribution in [0.5, 0.6) is 0 Å². The molecular formula is C19H13Cl2F3NO3PS. The molecule has 2 N–H and O–H groups in total. The molecule has 4 nitrogen and oxygen atoms in total. The minimum Gasteiger partial charge on any atom is -0.338 e. The maximum Gasteiger partial charge on any atom is 0.417 e. The first-order valence-corrected chi connectivity index (χ1v) is 11.8. The van der Waals surface area contributed by atoms with Gasteiger partial charge in [0.05, 0.1) is 26.5 Å². The van der Waals surface area contributed by atoms with Crippen molar-refractivity contribution in [2.75, 3.05) is 4.72 Å². The third-order valence-electron chi connectivity index (χ3n) is 4.05. The molecule has 0 amide bonds. The van der Waals surface area contributed by atoms with Gasteiger partial charge in [0.25, 0.3) is 7.37 Å². The molecule has 3 aromatic rings. The number of benzene rings is 3. The van der Waals surface area contributed by atoms with Crippen molar-refractivity contribution >= 4 is 57.9 Å². The molecule has 0 aliphatic carbocycles. The number of alkyl halides is 3. The van der Waals surface area contributed by atoms with Gasteiger partial charge in [-0.3, -0.25) is 4.57 Å². The first-order valence-electron chi connectivity index (χ1n) is 8.24. The Bertz CT molecular complexity index is 1160. The van der Waals surface area contributed by atoms with Crippen molar-refractivity contribution in [3.63, 3.8) is 0 Å². The van der Waals surface area contributed by atoms with Gasteiger partial charge in [-0.2, -0.15) is 13.2 Å². The molecule has 3 rings (SSSR count). The summed E-state index contributed by atoms with van der Waals surface area (Å²) in [6.45, 7) is 0. The highest BCUT2D eigenvalue weighted by atomic mass is 35.5. The largest absolute Gasteiger partial charge is 0.417 e. The molecule has 158 valence electrons. The average Bonchev–Trinajstić information content (AvgIpc) is 2.68. The van der Waals surface area contributed by atoms with Gasteiger partial charge in [0.2, 0.25) is 0 Å². The fourth-order valence-corrected chi connectivity index (χ4v) is 5.57. The van der Waals surface area contributed by atoms with Gasteiger partial charge in [-0.25, -0.2) is 4.21 Å². The van der Waals surface area contributed by atoms with Gasteiger partial charge in [0.1, 0.15) is 11.0 Å². The highest BCUT2D eigenvalue weighted by molar-refractivity contribution is 7.86. The number of hydrogen-bond donors (Lipinski definition) is 2. The van der Waals surface area contributed by atoms with E-state index in [1.807, 2.05) is 0 Å². The number of halogens is 5. The molecule has 0 aliphatic heterocycles. The van der Waals surface area contributed by atoms with Gasteiger partial charge in [-0.05, 0) is 48.5 Å². The van der Waals surface area contributed by atoms with Gasteiger partial charge in [-0.1, -0.05) is 41.4 Å². The van der Waals surface area contributed by atoms with Crippen molar-refractivity contribution in [3.8, 4) is 0 Å². The summed E-state index contributed by atoms with van der Waals surface area (Å²) in [5, 5.41) is -0.308. The van der Waals surface area contributed by atoms with Crippen molar-refractivity contribution in [2.45, 2.75) is 11.1 Å². The SMILES string of the molecule is O=S(Nc1cc(Cl)ccc1P(=O)(O)c1ccccc1)c1ccc(Cl)c(C(F)(F)F)c1. The second kappa shape index (κ2) is 8.73. The van der Waals surface area contributed by atoms with Crippen LogP contribution in [0.15, 0.2) is 71.6 Å². The van der Waals surface area contributed by atoms with E-state index in [1.54, 1.807) is 18.2 Å². The van der Waals surface area contributed by atoms with Crippen LogP contribution in [0, 0.1) is 0 Å². The van der Waals surface area contributed by atoms with Crippen LogP contribution >= 0.6 is 30.6 Å². The van der Waals surface area contributed by atoms with Crippen molar-refractivity contribution in [1.82, 2.24) is 0 Å². The van der Waals surface area contributed by atoms with Crippen molar-refractivity contribution in [3.05, 3.63) is 82.3 Å². The molecule has 0 aliphatic rings. The molecule has 30 heavy (non-hydrogen) atoms. The van der Waals surface area contributed by atoms with E-state index in [2.05, 4.69) is 4.72 Å². The molecule has 0 saturated carbocycles. The quantitative estimate of drug-likeness (QED) is 0.469. The van der Waals surface area contributed by atoms with Crippen LogP contribution in [-0.4, -0.2) is 9.10 Å². The zero-order valence-corrected chi connectivity index (χ0v) is 18.1. The number of rotatable bonds is 5. The third-order valence-corrected chi connectivity index (χ3v) is 7.74. The van der Waals surface area contributed by atoms with E-state index in [1.165, 1.54) is 36.4 Å². The third kappa shape index (κ3) is 4.90. The molecule has 0 bridgehead atoms. The minimum absolute atomic E-state index is 0.0426. The van der Waals surface area contributed by atoms with E-state index in [-0.39, 0.29) is 26.2 Å². The summed E-state index contributed by atoms with van der Waals surface area (Å²) in [4.78, 5) is 10.5. The smallest absolute Gasteiger partial charge is 0.338 e. The van der Waals surface area contributed by atoms with Crippen LogP contribution in [0.25, 0.3) is 0 Å². The van der Waals surface area contributed by atoms with Crippen LogP contribution in [0.1, 0.15) is 5.56 Å². The fourth-order valence-electron chi connectivity index (χ4n) is 2.62. The normalized spacial score (nSPS) is 14.7. The maximum absolute atomic E-state index is 13.1. The van der Waals surface area contributed by atoms with Crippen molar-refractivity contribution in [1.29, 1.82) is 0 Å². The Morgan fingerprint density at radius 3 is 2.27 bits per heavy atom. The lowest BCUT2D eigenvalue weighted by atomic mass is 10.2. The van der Waals surface area contributed by atoms with E-state index in [0.29, 0.717) is 6.07 Å². The van der Waals surface area contributed by atoms with Crippen molar-refractivity contribution in [2.24, 2.45) is 0 Å². The van der Waals surface area contributed by atoms with Crippen LogP contribution < -0.4 is 15.3 Å². The molecule has 11 heteroatoms. The first kappa shape index (κ1) is 22.8. The van der Waals surface area contributed by atoms with Crippen LogP contribution in [0.4, 0.5) is 18.9 Å². The standard InChI is InChI=1S/C19H13Cl2F3NO3PS/c20-12-6-9-18(29(26,27)13-4-2-1-3-5-13)17(10-12)25-30(28)14-7-8-16(21)15(11-14)19(22,23)24/h1-11,25H,(H,26,27). The summed E-state index contributed by atoms with van der Waals surface area (Å²) in [6.07, 6.45) is -4.73. The van der Waals surface area contributed by atoms with E-state index in [4.69, 9.17) is 23.2 Å². The zero-order valence-electron chi connectivity index (χ0n) is 14.9. The molecule has 2 atom stereocenters. The minimum atomic E-state index is -4.73. The van der Waals surface area contributed by atoms with Crippen LogP contribution in [0.3, 0.4) is 0 Å². The van der Waals surface area contributed by atoms with Gasteiger partial charge in [0, 0.05) is 10.3 Å². The lowest BCUT2D eigenvalue weighted by molar-refractivity contribution is -0.137. The predicted molar refractivity (Wildman–Crippen MR) is 113 cm³/mol. The predicted octanol–water partition coefficient (Wildman–Crippen LogP) is 5.37. The summed E-state index contributed by atoms with van der Waals surface area (Å²) in [5.74, 6) is 0. The maximum atomic E-state index is 13.1. The van der Waals surface area contributed by atoms with Crippen LogP contribution in [0.2, 0.25) is 10.0 Å². The summed E-state index contributed by atoms with van der Waals surface area (Å²) in [6, 6.07) is 14.6. The van der Waals surface area contributed by atoms with E-state index in [9.17, 15) is 26.8 Å². The second-order valence-corrected chi connectivity index (χ2v) is 10.3. The molecule has 0 heterocycles. The Kier molecular flexibility index (Phi) is 6.65. The van der Waals surface area contributed by atoms with Crippen molar-refractivity contribution < 1.29 is 26.8 Å². The second-order valence-electron chi connectivity index (χ2n) is 6.08. The summed E-state index contributed by atoms with van der Waals surface area (Å²) in [7, 11) is -6.30. The van der Waals surface area contributed by atoms with Gasteiger partial charge < -0.3 is 9.62 Å². The Morgan fingerprint density at radius 2 is 1.63 bits per heavy atom. The summed E-state index contributed by atoms with van der Waals surface area (Å²) < 4.78 is 67.6. The van der Waals surface area contributed by atoms with Gasteiger partial charge >= 0.3 is 6.18 Å². The lowest BCUT2D eigenvalue weighted by Crippen LogP contribution is -2.20. The molecular weight excluding hydrogens is 481 g/mol. The summed E-state index contributed by atoms with van der Waals surface area (Å²) in [5.41, 5.74) is -1.18. The Labute approximate surface area is 182 Å². The topological polar surface area (TPSA) is 66.4 Å².